The number of nitrogens with zero attached hydrogens (tertiary/aromatic N) is 4. The number of nitriles is 1. The van der Waals surface area contributed by atoms with Crippen molar-refractivity contribution in [2.24, 2.45) is 11.7 Å². The number of amides is 1. The number of carbonyl (C=O) groups is 1. The first-order valence-electron chi connectivity index (χ1n) is 7.20. The monoisotopic (exact) mass is 323 g/mol. The third-order valence-electron chi connectivity index (χ3n) is 4.52. The second kappa shape index (κ2) is 5.05. The quantitative estimate of drug-likeness (QED) is 0.795. The molecule has 3 rings (SSSR count). The van der Waals surface area contributed by atoms with Crippen LogP contribution in [0.4, 0.5) is 0 Å². The summed E-state index contributed by atoms with van der Waals surface area (Å²) >= 11 is 0. The van der Waals surface area contributed by atoms with Crippen molar-refractivity contribution in [2.75, 3.05) is 5.75 Å². The lowest BCUT2D eigenvalue weighted by Crippen LogP contribution is -2.42. The zero-order valence-corrected chi connectivity index (χ0v) is 12.8. The summed E-state index contributed by atoms with van der Waals surface area (Å²) < 4.78 is 25.3. The van der Waals surface area contributed by atoms with E-state index in [0.717, 1.165) is 12.8 Å². The van der Waals surface area contributed by atoms with Gasteiger partial charge in [0.1, 0.15) is 5.25 Å². The van der Waals surface area contributed by atoms with Gasteiger partial charge in [-0.1, -0.05) is 5.21 Å². The van der Waals surface area contributed by atoms with Gasteiger partial charge < -0.3 is 5.73 Å². The Kier molecular flexibility index (Phi) is 3.44. The first-order chi connectivity index (χ1) is 10.4. The molecule has 0 aromatic carbocycles. The van der Waals surface area contributed by atoms with Crippen LogP contribution in [0.5, 0.6) is 0 Å². The van der Waals surface area contributed by atoms with Crippen molar-refractivity contribution in [3.8, 4) is 6.07 Å². The van der Waals surface area contributed by atoms with E-state index in [1.807, 2.05) is 0 Å². The summed E-state index contributed by atoms with van der Waals surface area (Å²) in [5.74, 6) is -0.778. The molecule has 1 aromatic rings. The van der Waals surface area contributed by atoms with Gasteiger partial charge >= 0.3 is 0 Å². The fraction of sp³-hybridized carbons (Fsp3) is 0.692. The first-order valence-corrected chi connectivity index (χ1v) is 8.92. The average Bonchev–Trinajstić information content (AvgIpc) is 3.13. The van der Waals surface area contributed by atoms with Gasteiger partial charge in [0.15, 0.2) is 15.4 Å². The molecular weight excluding hydrogens is 306 g/mol. The molecule has 1 amide bonds. The molecule has 1 aliphatic carbocycles. The molecular formula is C13H17N5O3S. The fourth-order valence-corrected chi connectivity index (χ4v) is 4.79. The van der Waals surface area contributed by atoms with Crippen LogP contribution in [0.3, 0.4) is 0 Å². The van der Waals surface area contributed by atoms with Crippen LogP contribution in [-0.4, -0.2) is 40.3 Å². The summed E-state index contributed by atoms with van der Waals surface area (Å²) in [5, 5.41) is 16.1. The SMILES string of the molecule is N#CC1(n2cc(CC3CCS(=O)(=O)[C@H](C(N)=O)C3)nn2)CC1. The molecule has 0 bridgehead atoms. The van der Waals surface area contributed by atoms with Gasteiger partial charge in [-0.15, -0.1) is 5.10 Å². The lowest BCUT2D eigenvalue weighted by molar-refractivity contribution is -0.118. The van der Waals surface area contributed by atoms with Crippen molar-refractivity contribution < 1.29 is 13.2 Å². The molecule has 2 aliphatic rings. The van der Waals surface area contributed by atoms with Crippen molar-refractivity contribution >= 4 is 15.7 Å². The molecule has 2 heterocycles. The van der Waals surface area contributed by atoms with Crippen LogP contribution in [0.15, 0.2) is 6.20 Å². The second-order valence-corrected chi connectivity index (χ2v) is 8.45. The maximum absolute atomic E-state index is 11.8. The molecule has 9 heteroatoms. The van der Waals surface area contributed by atoms with Gasteiger partial charge in [-0.2, -0.15) is 5.26 Å². The number of sulfone groups is 1. The van der Waals surface area contributed by atoms with Crippen LogP contribution in [0, 0.1) is 17.2 Å². The fourth-order valence-electron chi connectivity index (χ4n) is 2.93. The summed E-state index contributed by atoms with van der Waals surface area (Å²) in [5.41, 5.74) is 5.37. The average molecular weight is 323 g/mol. The normalized spacial score (nSPS) is 28.7. The Morgan fingerprint density at radius 2 is 2.27 bits per heavy atom. The Bertz CT molecular complexity index is 744. The van der Waals surface area contributed by atoms with Gasteiger partial charge in [-0.3, -0.25) is 4.79 Å². The minimum absolute atomic E-state index is 0.0262. The van der Waals surface area contributed by atoms with Crippen LogP contribution in [0.25, 0.3) is 0 Å². The van der Waals surface area contributed by atoms with E-state index in [1.165, 1.54) is 0 Å². The highest BCUT2D eigenvalue weighted by Crippen LogP contribution is 2.42. The largest absolute Gasteiger partial charge is 0.369 e. The minimum Gasteiger partial charge on any atom is -0.369 e. The highest BCUT2D eigenvalue weighted by Gasteiger charge is 2.46. The lowest BCUT2D eigenvalue weighted by Gasteiger charge is -2.26. The van der Waals surface area contributed by atoms with Crippen LogP contribution >= 0.6 is 0 Å². The molecule has 2 fully saturated rings. The highest BCUT2D eigenvalue weighted by atomic mass is 32.2. The Hall–Kier alpha value is -1.95. The smallest absolute Gasteiger partial charge is 0.235 e. The van der Waals surface area contributed by atoms with Gasteiger partial charge in [-0.05, 0) is 38.0 Å². The van der Waals surface area contributed by atoms with E-state index in [9.17, 15) is 13.2 Å². The second-order valence-electron chi connectivity index (χ2n) is 6.15. The van der Waals surface area contributed by atoms with Gasteiger partial charge in [0.25, 0.3) is 0 Å². The summed E-state index contributed by atoms with van der Waals surface area (Å²) in [6.45, 7) is 0. The Morgan fingerprint density at radius 3 is 2.86 bits per heavy atom. The van der Waals surface area contributed by atoms with Crippen LogP contribution < -0.4 is 5.73 Å². The highest BCUT2D eigenvalue weighted by molar-refractivity contribution is 7.92. The molecule has 0 radical (unpaired) electrons. The molecule has 2 N–H and O–H groups in total. The molecule has 22 heavy (non-hydrogen) atoms. The predicted octanol–water partition coefficient (Wildman–Crippen LogP) is -0.488. The molecule has 1 saturated heterocycles. The van der Waals surface area contributed by atoms with Crippen LogP contribution in [0.1, 0.15) is 31.4 Å². The third-order valence-corrected chi connectivity index (χ3v) is 6.61. The van der Waals surface area contributed by atoms with Crippen molar-refractivity contribution in [3.63, 3.8) is 0 Å². The number of nitrogens with two attached hydrogens (primary N) is 1. The molecule has 2 atom stereocenters. The third kappa shape index (κ3) is 2.59. The maximum Gasteiger partial charge on any atom is 0.235 e. The van der Waals surface area contributed by atoms with Gasteiger partial charge in [-0.25, -0.2) is 13.1 Å². The molecule has 0 spiro atoms. The Labute approximate surface area is 128 Å². The van der Waals surface area contributed by atoms with Crippen molar-refractivity contribution in [2.45, 2.75) is 42.9 Å². The van der Waals surface area contributed by atoms with Crippen LogP contribution in [-0.2, 0) is 26.6 Å². The molecule has 118 valence electrons. The van der Waals surface area contributed by atoms with Gasteiger partial charge in [0.05, 0.1) is 23.7 Å². The Balaban J connectivity index is 1.70. The van der Waals surface area contributed by atoms with Crippen molar-refractivity contribution in [1.82, 2.24) is 15.0 Å². The molecule has 1 saturated carbocycles. The van der Waals surface area contributed by atoms with Crippen molar-refractivity contribution in [3.05, 3.63) is 11.9 Å². The van der Waals surface area contributed by atoms with E-state index in [2.05, 4.69) is 16.4 Å². The molecule has 1 aliphatic heterocycles. The number of carbonyl (C=O) groups excluding carboxylic acids is 1. The molecule has 1 unspecified atom stereocenters. The summed E-state index contributed by atoms with van der Waals surface area (Å²) in [6, 6.07) is 2.24. The number of primary amides is 1. The van der Waals surface area contributed by atoms with Gasteiger partial charge in [0.2, 0.25) is 5.91 Å². The van der Waals surface area contributed by atoms with E-state index in [0.29, 0.717) is 18.5 Å². The van der Waals surface area contributed by atoms with E-state index in [1.54, 1.807) is 10.9 Å². The van der Waals surface area contributed by atoms with E-state index in [-0.39, 0.29) is 18.1 Å². The van der Waals surface area contributed by atoms with E-state index in [4.69, 9.17) is 11.0 Å². The number of hydrogen-bond donors (Lipinski definition) is 1. The number of hydrogen-bond acceptors (Lipinski definition) is 6. The van der Waals surface area contributed by atoms with E-state index < -0.39 is 26.5 Å². The number of rotatable bonds is 4. The number of aromatic nitrogens is 3. The topological polar surface area (TPSA) is 132 Å². The maximum atomic E-state index is 11.8. The van der Waals surface area contributed by atoms with E-state index >= 15 is 0 Å². The standard InChI is InChI=1S/C13H17N5O3S/c14-8-13(2-3-13)18-7-10(16-17-18)5-9-1-4-22(20,21)11(6-9)12(15)19/h7,9,11H,1-6H2,(H2,15,19)/t9?,11-/m0/s1. The van der Waals surface area contributed by atoms with Crippen molar-refractivity contribution in [1.29, 1.82) is 5.26 Å². The van der Waals surface area contributed by atoms with Gasteiger partial charge in [0, 0.05) is 0 Å². The first kappa shape index (κ1) is 15.0. The minimum atomic E-state index is -3.42. The molecule has 1 aromatic heterocycles. The summed E-state index contributed by atoms with van der Waals surface area (Å²) in [7, 11) is -3.42. The summed E-state index contributed by atoms with van der Waals surface area (Å²) in [4.78, 5) is 11.3. The molecule has 8 nitrogen and oxygen atoms in total. The van der Waals surface area contributed by atoms with Crippen LogP contribution in [0.2, 0.25) is 0 Å². The Morgan fingerprint density at radius 1 is 1.55 bits per heavy atom. The predicted molar refractivity (Wildman–Crippen MR) is 76.0 cm³/mol. The zero-order chi connectivity index (χ0) is 16.0. The lowest BCUT2D eigenvalue weighted by atomic mass is 9.94. The summed E-state index contributed by atoms with van der Waals surface area (Å²) in [6.07, 6.45) is 4.56. The zero-order valence-electron chi connectivity index (χ0n) is 12.0.